The highest BCUT2D eigenvalue weighted by atomic mass is 32.2. The molecule has 2 aliphatic rings. The van der Waals surface area contributed by atoms with Crippen molar-refractivity contribution in [3.8, 4) is 0 Å². The lowest BCUT2D eigenvalue weighted by atomic mass is 10.0. The lowest BCUT2D eigenvalue weighted by molar-refractivity contribution is 0.183. The van der Waals surface area contributed by atoms with Gasteiger partial charge in [0.05, 0.1) is 6.61 Å². The van der Waals surface area contributed by atoms with Gasteiger partial charge in [0.2, 0.25) is 0 Å². The molecule has 1 aromatic rings. The molecule has 0 aliphatic heterocycles. The van der Waals surface area contributed by atoms with E-state index in [-0.39, 0.29) is 5.16 Å². The van der Waals surface area contributed by atoms with E-state index in [1.165, 1.54) is 6.42 Å². The van der Waals surface area contributed by atoms with Crippen molar-refractivity contribution < 1.29 is 13.2 Å². The summed E-state index contributed by atoms with van der Waals surface area (Å²) in [5, 5.41) is 12.9. The van der Waals surface area contributed by atoms with Crippen LogP contribution in [0.1, 0.15) is 31.0 Å². The second kappa shape index (κ2) is 4.53. The Morgan fingerprint density at radius 3 is 2.58 bits per heavy atom. The van der Waals surface area contributed by atoms with E-state index < -0.39 is 10.0 Å². The molecule has 8 heteroatoms. The van der Waals surface area contributed by atoms with E-state index >= 15 is 0 Å². The van der Waals surface area contributed by atoms with Crippen molar-refractivity contribution >= 4 is 10.0 Å². The zero-order valence-electron chi connectivity index (χ0n) is 10.8. The minimum Gasteiger partial charge on any atom is -0.383 e. The Kier molecular flexibility index (Phi) is 3.11. The van der Waals surface area contributed by atoms with E-state index in [9.17, 15) is 8.42 Å². The first kappa shape index (κ1) is 13.0. The highest BCUT2D eigenvalue weighted by molar-refractivity contribution is 7.89. The van der Waals surface area contributed by atoms with Crippen LogP contribution in [0.15, 0.2) is 5.16 Å². The summed E-state index contributed by atoms with van der Waals surface area (Å²) in [5.41, 5.74) is 0. The summed E-state index contributed by atoms with van der Waals surface area (Å²) >= 11 is 0. The van der Waals surface area contributed by atoms with Gasteiger partial charge in [-0.1, -0.05) is 0 Å². The molecule has 0 spiro atoms. The molecule has 2 atom stereocenters. The third-order valence-corrected chi connectivity index (χ3v) is 4.94. The minimum absolute atomic E-state index is 0.153. The third-order valence-electron chi connectivity index (χ3n) is 4.13. The van der Waals surface area contributed by atoms with Gasteiger partial charge in [-0.05, 0) is 31.1 Å². The first-order chi connectivity index (χ1) is 9.00. The van der Waals surface area contributed by atoms with Gasteiger partial charge in [-0.3, -0.25) is 4.57 Å². The van der Waals surface area contributed by atoms with Crippen molar-refractivity contribution in [1.82, 2.24) is 14.8 Å². The van der Waals surface area contributed by atoms with E-state index in [0.29, 0.717) is 19.1 Å². The molecule has 2 unspecified atom stereocenters. The standard InChI is InChI=1S/C11H18N4O3S/c1-18-3-2-15-10(9-5-7-4-8(7)6-9)13-14-11(15)19(12,16)17/h7-9H,2-6H2,1H3,(H2,12,16,17). The van der Waals surface area contributed by atoms with Crippen molar-refractivity contribution in [3.63, 3.8) is 0 Å². The number of hydrogen-bond acceptors (Lipinski definition) is 5. The molecule has 2 saturated carbocycles. The summed E-state index contributed by atoms with van der Waals surface area (Å²) in [7, 11) is -2.27. The van der Waals surface area contributed by atoms with Gasteiger partial charge in [-0.15, -0.1) is 10.2 Å². The first-order valence-electron chi connectivity index (χ1n) is 6.45. The van der Waals surface area contributed by atoms with E-state index in [1.54, 1.807) is 11.7 Å². The Morgan fingerprint density at radius 1 is 1.32 bits per heavy atom. The molecule has 7 nitrogen and oxygen atoms in total. The van der Waals surface area contributed by atoms with Crippen LogP contribution in [0.4, 0.5) is 0 Å². The van der Waals surface area contributed by atoms with Crippen LogP contribution in [0.25, 0.3) is 0 Å². The largest absolute Gasteiger partial charge is 0.383 e. The first-order valence-corrected chi connectivity index (χ1v) is 8.00. The molecule has 1 aromatic heterocycles. The molecule has 0 bridgehead atoms. The molecule has 106 valence electrons. The van der Waals surface area contributed by atoms with Crippen molar-refractivity contribution in [1.29, 1.82) is 0 Å². The summed E-state index contributed by atoms with van der Waals surface area (Å²) in [6.07, 6.45) is 3.48. The maximum atomic E-state index is 11.5. The van der Waals surface area contributed by atoms with Crippen molar-refractivity contribution in [2.24, 2.45) is 17.0 Å². The Morgan fingerprint density at radius 2 is 2.00 bits per heavy atom. The van der Waals surface area contributed by atoms with E-state index in [0.717, 1.165) is 30.5 Å². The third kappa shape index (κ3) is 2.39. The maximum Gasteiger partial charge on any atom is 0.273 e. The fraction of sp³-hybridized carbons (Fsp3) is 0.818. The summed E-state index contributed by atoms with van der Waals surface area (Å²) in [4.78, 5) is 0. The topological polar surface area (TPSA) is 100 Å². The molecular weight excluding hydrogens is 268 g/mol. The highest BCUT2D eigenvalue weighted by Gasteiger charge is 2.47. The van der Waals surface area contributed by atoms with Crippen LogP contribution >= 0.6 is 0 Å². The molecule has 19 heavy (non-hydrogen) atoms. The predicted octanol–water partition coefficient (Wildman–Crippen LogP) is 0.0854. The summed E-state index contributed by atoms with van der Waals surface area (Å²) in [6.45, 7) is 0.823. The monoisotopic (exact) mass is 286 g/mol. The average molecular weight is 286 g/mol. The average Bonchev–Trinajstić information content (AvgIpc) is 2.77. The Hall–Kier alpha value is -0.990. The number of primary sulfonamides is 1. The number of fused-ring (bicyclic) bond motifs is 1. The molecule has 3 rings (SSSR count). The van der Waals surface area contributed by atoms with Crippen molar-refractivity contribution in [2.45, 2.75) is 36.9 Å². The minimum atomic E-state index is -3.84. The highest BCUT2D eigenvalue weighted by Crippen LogP contribution is 2.57. The molecule has 1 heterocycles. The van der Waals surface area contributed by atoms with Crippen LogP contribution in [-0.4, -0.2) is 36.9 Å². The zero-order chi connectivity index (χ0) is 13.6. The number of methoxy groups -OCH3 is 1. The van der Waals surface area contributed by atoms with Crippen LogP contribution < -0.4 is 5.14 Å². The van der Waals surface area contributed by atoms with Crippen LogP contribution in [0.3, 0.4) is 0 Å². The second-order valence-electron chi connectivity index (χ2n) is 5.45. The van der Waals surface area contributed by atoms with Gasteiger partial charge >= 0.3 is 0 Å². The molecule has 0 radical (unpaired) electrons. The number of aromatic nitrogens is 3. The van der Waals surface area contributed by atoms with Crippen molar-refractivity contribution in [2.75, 3.05) is 13.7 Å². The van der Waals surface area contributed by atoms with Crippen molar-refractivity contribution in [3.05, 3.63) is 5.82 Å². The quantitative estimate of drug-likeness (QED) is 0.826. The summed E-state index contributed by atoms with van der Waals surface area (Å²) < 4.78 is 29.7. The van der Waals surface area contributed by atoms with Gasteiger partial charge in [-0.2, -0.15) is 0 Å². The van der Waals surface area contributed by atoms with Gasteiger partial charge in [0.25, 0.3) is 15.2 Å². The van der Waals surface area contributed by atoms with Crippen LogP contribution in [0.2, 0.25) is 0 Å². The summed E-state index contributed by atoms with van der Waals surface area (Å²) in [6, 6.07) is 0. The smallest absolute Gasteiger partial charge is 0.273 e. The molecule has 0 aromatic carbocycles. The number of nitrogens with two attached hydrogens (primary N) is 1. The van der Waals surface area contributed by atoms with E-state index in [2.05, 4.69) is 10.2 Å². The Balaban J connectivity index is 1.92. The van der Waals surface area contributed by atoms with Gasteiger partial charge < -0.3 is 4.74 Å². The fourth-order valence-corrected chi connectivity index (χ4v) is 3.78. The normalized spacial score (nSPS) is 29.5. The fourth-order valence-electron chi connectivity index (χ4n) is 3.13. The molecular formula is C11H18N4O3S. The number of hydrogen-bond donors (Lipinski definition) is 1. The number of ether oxygens (including phenoxy) is 1. The second-order valence-corrected chi connectivity index (χ2v) is 6.91. The van der Waals surface area contributed by atoms with Gasteiger partial charge in [0.1, 0.15) is 5.82 Å². The van der Waals surface area contributed by atoms with Gasteiger partial charge in [0.15, 0.2) is 0 Å². The summed E-state index contributed by atoms with van der Waals surface area (Å²) in [5.74, 6) is 2.66. The SMILES string of the molecule is COCCn1c(C2CC3CC3C2)nnc1S(N)(=O)=O. The predicted molar refractivity (Wildman–Crippen MR) is 66.8 cm³/mol. The molecule has 2 N–H and O–H groups in total. The van der Waals surface area contributed by atoms with E-state index in [4.69, 9.17) is 9.88 Å². The maximum absolute atomic E-state index is 11.5. The zero-order valence-corrected chi connectivity index (χ0v) is 11.6. The molecule has 2 fully saturated rings. The molecule has 0 saturated heterocycles. The number of rotatable bonds is 5. The Bertz CT molecular complexity index is 573. The number of nitrogens with zero attached hydrogens (tertiary/aromatic N) is 3. The van der Waals surface area contributed by atoms with Gasteiger partial charge in [-0.25, -0.2) is 13.6 Å². The molecule has 2 aliphatic carbocycles. The van der Waals surface area contributed by atoms with E-state index in [1.807, 2.05) is 0 Å². The van der Waals surface area contributed by atoms with Crippen LogP contribution in [0, 0.1) is 11.8 Å². The van der Waals surface area contributed by atoms with Crippen LogP contribution in [0.5, 0.6) is 0 Å². The lowest BCUT2D eigenvalue weighted by Crippen LogP contribution is -2.21. The van der Waals surface area contributed by atoms with Crippen LogP contribution in [-0.2, 0) is 21.3 Å². The Labute approximate surface area is 112 Å². The number of sulfonamides is 1. The lowest BCUT2D eigenvalue weighted by Gasteiger charge is -2.14. The molecule has 0 amide bonds. The van der Waals surface area contributed by atoms with Gasteiger partial charge in [0, 0.05) is 19.6 Å².